The lowest BCUT2D eigenvalue weighted by atomic mass is 10.1. The highest BCUT2D eigenvalue weighted by atomic mass is 16.7. The number of hydroxylamine groups is 1. The van der Waals surface area contributed by atoms with Crippen LogP contribution in [0.25, 0.3) is 0 Å². The summed E-state index contributed by atoms with van der Waals surface area (Å²) >= 11 is 0. The number of carbonyl (C=O) groups excluding carboxylic acids is 1. The van der Waals surface area contributed by atoms with E-state index in [2.05, 4.69) is 5.48 Å². The first-order chi connectivity index (χ1) is 8.09. The van der Waals surface area contributed by atoms with Crippen molar-refractivity contribution >= 4 is 5.91 Å². The van der Waals surface area contributed by atoms with Crippen LogP contribution in [0.4, 0.5) is 0 Å². The summed E-state index contributed by atoms with van der Waals surface area (Å²) in [7, 11) is 0. The van der Waals surface area contributed by atoms with E-state index in [1.807, 2.05) is 44.2 Å². The van der Waals surface area contributed by atoms with Gasteiger partial charge in [0.15, 0.2) is 0 Å². The van der Waals surface area contributed by atoms with Crippen LogP contribution in [0.3, 0.4) is 0 Å². The smallest absolute Gasteiger partial charge is 0.260 e. The molecule has 0 saturated heterocycles. The average Bonchev–Trinajstić information content (AvgIpc) is 2.29. The summed E-state index contributed by atoms with van der Waals surface area (Å²) in [4.78, 5) is 16.6. The monoisotopic (exact) mass is 236 g/mol. The molecule has 0 fully saturated rings. The van der Waals surface area contributed by atoms with Gasteiger partial charge in [0.2, 0.25) is 0 Å². The fourth-order valence-corrected chi connectivity index (χ4v) is 1.32. The van der Waals surface area contributed by atoms with E-state index in [0.29, 0.717) is 18.9 Å². The van der Waals surface area contributed by atoms with E-state index in [-0.39, 0.29) is 5.91 Å². The van der Waals surface area contributed by atoms with Crippen LogP contribution in [0.15, 0.2) is 30.3 Å². The molecule has 0 spiro atoms. The molecule has 4 heteroatoms. The van der Waals surface area contributed by atoms with Gasteiger partial charge in [-0.15, -0.1) is 0 Å². The van der Waals surface area contributed by atoms with E-state index in [9.17, 15) is 4.79 Å². The third-order valence-electron chi connectivity index (χ3n) is 2.22. The van der Waals surface area contributed by atoms with Crippen molar-refractivity contribution in [3.8, 4) is 0 Å². The predicted octanol–water partition coefficient (Wildman–Crippen LogP) is 1.26. The normalized spacial score (nSPS) is 12.5. The predicted molar refractivity (Wildman–Crippen MR) is 67.1 cm³/mol. The second kappa shape index (κ2) is 7.04. The molecule has 0 radical (unpaired) electrons. The first-order valence-electron chi connectivity index (χ1n) is 5.80. The zero-order chi connectivity index (χ0) is 12.7. The zero-order valence-electron chi connectivity index (χ0n) is 10.3. The molecule has 0 heterocycles. The Bertz CT molecular complexity index is 339. The van der Waals surface area contributed by atoms with Crippen molar-refractivity contribution in [1.82, 2.24) is 5.48 Å². The Morgan fingerprint density at radius 2 is 2.00 bits per heavy atom. The molecule has 1 rings (SSSR count). The summed E-state index contributed by atoms with van der Waals surface area (Å²) in [6.07, 6.45) is 0.512. The van der Waals surface area contributed by atoms with E-state index in [1.54, 1.807) is 0 Å². The topological polar surface area (TPSA) is 64.3 Å². The number of nitrogens with two attached hydrogens (primary N) is 1. The summed E-state index contributed by atoms with van der Waals surface area (Å²) in [5.41, 5.74) is 9.18. The van der Waals surface area contributed by atoms with Crippen molar-refractivity contribution in [3.63, 3.8) is 0 Å². The molecule has 4 nitrogen and oxygen atoms in total. The average molecular weight is 236 g/mol. The van der Waals surface area contributed by atoms with Crippen molar-refractivity contribution in [3.05, 3.63) is 35.9 Å². The van der Waals surface area contributed by atoms with Crippen LogP contribution in [-0.2, 0) is 16.1 Å². The first-order valence-corrected chi connectivity index (χ1v) is 5.80. The maximum atomic E-state index is 11.6. The lowest BCUT2D eigenvalue weighted by Gasteiger charge is -2.13. The number of amides is 1. The molecular weight excluding hydrogens is 216 g/mol. The molecule has 1 atom stereocenters. The summed E-state index contributed by atoms with van der Waals surface area (Å²) in [6, 6.07) is 9.10. The van der Waals surface area contributed by atoms with Crippen LogP contribution in [0.5, 0.6) is 0 Å². The molecule has 0 saturated carbocycles. The van der Waals surface area contributed by atoms with Gasteiger partial charge in [-0.1, -0.05) is 44.2 Å². The number of rotatable bonds is 6. The van der Waals surface area contributed by atoms with Crippen LogP contribution < -0.4 is 11.2 Å². The number of hydrogen-bond acceptors (Lipinski definition) is 3. The molecule has 0 aliphatic heterocycles. The Morgan fingerprint density at radius 1 is 1.35 bits per heavy atom. The molecule has 0 aliphatic rings. The van der Waals surface area contributed by atoms with Crippen LogP contribution >= 0.6 is 0 Å². The first kappa shape index (κ1) is 13.7. The van der Waals surface area contributed by atoms with Crippen LogP contribution in [0.1, 0.15) is 19.4 Å². The van der Waals surface area contributed by atoms with E-state index in [4.69, 9.17) is 10.6 Å². The number of hydrogen-bond donors (Lipinski definition) is 2. The highest BCUT2D eigenvalue weighted by Crippen LogP contribution is 2.01. The molecule has 0 bridgehead atoms. The number of nitrogens with one attached hydrogen (secondary N) is 1. The molecule has 1 aromatic carbocycles. The molecule has 0 unspecified atom stereocenters. The highest BCUT2D eigenvalue weighted by molar-refractivity contribution is 5.80. The fourth-order valence-electron chi connectivity index (χ4n) is 1.32. The minimum atomic E-state index is -0.579. The lowest BCUT2D eigenvalue weighted by Crippen LogP contribution is -2.42. The molecule has 17 heavy (non-hydrogen) atoms. The quantitative estimate of drug-likeness (QED) is 0.731. The van der Waals surface area contributed by atoms with Crippen molar-refractivity contribution in [2.45, 2.75) is 26.3 Å². The van der Waals surface area contributed by atoms with Crippen molar-refractivity contribution < 1.29 is 9.63 Å². The Balaban J connectivity index is 2.32. The molecule has 1 amide bonds. The SMILES string of the molecule is CC(C)CONC(=O)[C@H](N)Cc1ccccc1. The molecular formula is C13H20N2O2. The third-order valence-corrected chi connectivity index (χ3v) is 2.22. The van der Waals surface area contributed by atoms with Gasteiger partial charge in [-0.2, -0.15) is 0 Å². The largest absolute Gasteiger partial charge is 0.320 e. The van der Waals surface area contributed by atoms with Gasteiger partial charge in [0.25, 0.3) is 5.91 Å². The van der Waals surface area contributed by atoms with Crippen LogP contribution in [0.2, 0.25) is 0 Å². The Morgan fingerprint density at radius 3 is 2.59 bits per heavy atom. The van der Waals surface area contributed by atoms with Gasteiger partial charge < -0.3 is 5.73 Å². The van der Waals surface area contributed by atoms with Gasteiger partial charge >= 0.3 is 0 Å². The van der Waals surface area contributed by atoms with Gasteiger partial charge in [0, 0.05) is 0 Å². The third kappa shape index (κ3) is 5.47. The zero-order valence-corrected chi connectivity index (χ0v) is 10.3. The second-order valence-corrected chi connectivity index (χ2v) is 4.47. The maximum absolute atomic E-state index is 11.6. The molecule has 94 valence electrons. The van der Waals surface area contributed by atoms with Crippen molar-refractivity contribution in [1.29, 1.82) is 0 Å². The summed E-state index contributed by atoms with van der Waals surface area (Å²) < 4.78 is 0. The Hall–Kier alpha value is -1.39. The lowest BCUT2D eigenvalue weighted by molar-refractivity contribution is -0.135. The van der Waals surface area contributed by atoms with Gasteiger partial charge in [-0.25, -0.2) is 5.48 Å². The molecule has 1 aromatic rings. The van der Waals surface area contributed by atoms with Gasteiger partial charge in [-0.05, 0) is 17.9 Å². The van der Waals surface area contributed by atoms with E-state index >= 15 is 0 Å². The number of benzene rings is 1. The van der Waals surface area contributed by atoms with Gasteiger partial charge in [0.05, 0.1) is 12.6 Å². The Labute approximate surface area is 102 Å². The Kier molecular flexibility index (Phi) is 5.66. The standard InChI is InChI=1S/C13H20N2O2/c1-10(2)9-17-15-13(16)12(14)8-11-6-4-3-5-7-11/h3-7,10,12H,8-9,14H2,1-2H3,(H,15,16)/t12-/m1/s1. The van der Waals surface area contributed by atoms with Gasteiger partial charge in [-0.3, -0.25) is 9.63 Å². The number of carbonyl (C=O) groups is 1. The second-order valence-electron chi connectivity index (χ2n) is 4.47. The molecule has 3 N–H and O–H groups in total. The van der Waals surface area contributed by atoms with Gasteiger partial charge in [0.1, 0.15) is 0 Å². The highest BCUT2D eigenvalue weighted by Gasteiger charge is 2.13. The van der Waals surface area contributed by atoms with Crippen LogP contribution in [0, 0.1) is 5.92 Å². The fraction of sp³-hybridized carbons (Fsp3) is 0.462. The van der Waals surface area contributed by atoms with E-state index in [0.717, 1.165) is 5.56 Å². The summed E-state index contributed by atoms with van der Waals surface area (Å²) in [6.45, 7) is 4.51. The molecule has 0 aliphatic carbocycles. The minimum absolute atomic E-state index is 0.283. The van der Waals surface area contributed by atoms with Crippen LogP contribution in [-0.4, -0.2) is 18.6 Å². The molecule has 0 aromatic heterocycles. The van der Waals surface area contributed by atoms with Crippen molar-refractivity contribution in [2.75, 3.05) is 6.61 Å². The van der Waals surface area contributed by atoms with Crippen molar-refractivity contribution in [2.24, 2.45) is 11.7 Å². The van der Waals surface area contributed by atoms with E-state index in [1.165, 1.54) is 0 Å². The van der Waals surface area contributed by atoms with E-state index < -0.39 is 6.04 Å². The summed E-state index contributed by atoms with van der Waals surface area (Å²) in [5, 5.41) is 0. The minimum Gasteiger partial charge on any atom is -0.320 e. The maximum Gasteiger partial charge on any atom is 0.260 e. The summed E-state index contributed by atoms with van der Waals surface area (Å²) in [5.74, 6) is 0.0927.